The number of nitrogens with one attached hydrogen (secondary N) is 1. The number of fused-ring (bicyclic) bond motifs is 1. The van der Waals surface area contributed by atoms with Crippen LogP contribution in [0.1, 0.15) is 41.7 Å². The zero-order valence-corrected chi connectivity index (χ0v) is 12.2. The Balaban J connectivity index is 1.89. The van der Waals surface area contributed by atoms with Crippen molar-refractivity contribution in [1.29, 1.82) is 0 Å². The number of para-hydroxylation sites is 1. The molecule has 6 nitrogen and oxygen atoms in total. The van der Waals surface area contributed by atoms with Crippen LogP contribution in [0, 0.1) is 0 Å². The van der Waals surface area contributed by atoms with Gasteiger partial charge in [0.2, 0.25) is 0 Å². The molecular weight excluding hydrogens is 280 g/mol. The number of hydrogen-bond acceptors (Lipinski definition) is 4. The predicted octanol–water partition coefficient (Wildman–Crippen LogP) is 2.80. The van der Waals surface area contributed by atoms with E-state index >= 15 is 0 Å². The number of esters is 1. The summed E-state index contributed by atoms with van der Waals surface area (Å²) in [5, 5.41) is 12.6. The lowest BCUT2D eigenvalue weighted by atomic mass is 10.1. The molecule has 0 unspecified atom stereocenters. The SMILES string of the molecule is CCOC(=O)c1cnn(-c2cccc3cn[nH]c23)c1C1CC1. The number of carbonyl (C=O) groups excluding carboxylic acids is 1. The molecule has 3 aromatic rings. The Morgan fingerprint density at radius 3 is 3.05 bits per heavy atom. The summed E-state index contributed by atoms with van der Waals surface area (Å²) in [6.07, 6.45) is 5.56. The van der Waals surface area contributed by atoms with Crippen molar-refractivity contribution < 1.29 is 9.53 Å². The van der Waals surface area contributed by atoms with E-state index in [1.54, 1.807) is 12.4 Å². The summed E-state index contributed by atoms with van der Waals surface area (Å²) in [6, 6.07) is 5.94. The number of rotatable bonds is 4. The first-order valence-electron chi connectivity index (χ1n) is 7.47. The normalized spacial score (nSPS) is 14.4. The van der Waals surface area contributed by atoms with Crippen LogP contribution >= 0.6 is 0 Å². The van der Waals surface area contributed by atoms with E-state index in [0.29, 0.717) is 18.1 Å². The average molecular weight is 296 g/mol. The standard InChI is InChI=1S/C16H16N4O2/c1-2-22-16(21)12-9-18-20(15(12)10-6-7-10)13-5-3-4-11-8-17-19-14(11)13/h3-5,8-10H,2,6-7H2,1H3,(H,17,19). The fourth-order valence-electron chi connectivity index (χ4n) is 2.80. The van der Waals surface area contributed by atoms with Crippen LogP contribution in [0.3, 0.4) is 0 Å². The zero-order chi connectivity index (χ0) is 15.1. The summed E-state index contributed by atoms with van der Waals surface area (Å²) in [4.78, 5) is 12.2. The number of H-pyrrole nitrogens is 1. The molecule has 0 amide bonds. The molecule has 2 aromatic heterocycles. The first kappa shape index (κ1) is 13.1. The van der Waals surface area contributed by atoms with Gasteiger partial charge >= 0.3 is 5.97 Å². The monoisotopic (exact) mass is 296 g/mol. The molecule has 0 bridgehead atoms. The Bertz CT molecular complexity index is 845. The molecule has 1 aromatic carbocycles. The fraction of sp³-hybridized carbons (Fsp3) is 0.312. The van der Waals surface area contributed by atoms with Crippen LogP contribution in [-0.4, -0.2) is 32.6 Å². The van der Waals surface area contributed by atoms with Crippen molar-refractivity contribution in [3.63, 3.8) is 0 Å². The summed E-state index contributed by atoms with van der Waals surface area (Å²) >= 11 is 0. The molecule has 0 atom stereocenters. The Morgan fingerprint density at radius 1 is 1.41 bits per heavy atom. The van der Waals surface area contributed by atoms with Gasteiger partial charge in [-0.05, 0) is 25.8 Å². The molecule has 0 aliphatic heterocycles. The Hall–Kier alpha value is -2.63. The number of carbonyl (C=O) groups is 1. The Labute approximate surface area is 127 Å². The van der Waals surface area contributed by atoms with Crippen molar-refractivity contribution in [3.05, 3.63) is 41.9 Å². The van der Waals surface area contributed by atoms with E-state index in [2.05, 4.69) is 15.3 Å². The van der Waals surface area contributed by atoms with Crippen LogP contribution in [0.2, 0.25) is 0 Å². The Kier molecular flexibility index (Phi) is 2.96. The molecule has 0 saturated heterocycles. The summed E-state index contributed by atoms with van der Waals surface area (Å²) in [5.74, 6) is 0.0764. The van der Waals surface area contributed by atoms with Crippen LogP contribution in [0.5, 0.6) is 0 Å². The quantitative estimate of drug-likeness (QED) is 0.751. The highest BCUT2D eigenvalue weighted by atomic mass is 16.5. The van der Waals surface area contributed by atoms with E-state index in [9.17, 15) is 4.79 Å². The van der Waals surface area contributed by atoms with Gasteiger partial charge in [-0.1, -0.05) is 12.1 Å². The molecule has 1 aliphatic carbocycles. The number of aromatic nitrogens is 4. The maximum Gasteiger partial charge on any atom is 0.341 e. The van der Waals surface area contributed by atoms with Crippen molar-refractivity contribution in [1.82, 2.24) is 20.0 Å². The molecule has 1 N–H and O–H groups in total. The minimum atomic E-state index is -0.299. The van der Waals surface area contributed by atoms with Crippen molar-refractivity contribution in [2.45, 2.75) is 25.7 Å². The van der Waals surface area contributed by atoms with Gasteiger partial charge in [-0.3, -0.25) is 5.10 Å². The minimum absolute atomic E-state index is 0.299. The van der Waals surface area contributed by atoms with Gasteiger partial charge in [-0.25, -0.2) is 9.48 Å². The van der Waals surface area contributed by atoms with Gasteiger partial charge < -0.3 is 4.74 Å². The third kappa shape index (κ3) is 1.99. The lowest BCUT2D eigenvalue weighted by Crippen LogP contribution is -2.09. The highest BCUT2D eigenvalue weighted by Crippen LogP contribution is 2.43. The van der Waals surface area contributed by atoms with Crippen molar-refractivity contribution in [3.8, 4) is 5.69 Å². The van der Waals surface area contributed by atoms with E-state index in [0.717, 1.165) is 35.1 Å². The van der Waals surface area contributed by atoms with Crippen LogP contribution in [0.15, 0.2) is 30.6 Å². The van der Waals surface area contributed by atoms with E-state index in [4.69, 9.17) is 4.74 Å². The predicted molar refractivity (Wildman–Crippen MR) is 81.1 cm³/mol. The largest absolute Gasteiger partial charge is 0.462 e. The molecule has 0 spiro atoms. The third-order valence-corrected chi connectivity index (χ3v) is 3.95. The van der Waals surface area contributed by atoms with Crippen LogP contribution in [0.4, 0.5) is 0 Å². The number of nitrogens with zero attached hydrogens (tertiary/aromatic N) is 3. The summed E-state index contributed by atoms with van der Waals surface area (Å²) in [7, 11) is 0. The first-order chi connectivity index (χ1) is 10.8. The number of benzene rings is 1. The molecule has 4 rings (SSSR count). The molecular formula is C16H16N4O2. The van der Waals surface area contributed by atoms with E-state index in [1.165, 1.54) is 0 Å². The Morgan fingerprint density at radius 2 is 2.27 bits per heavy atom. The summed E-state index contributed by atoms with van der Waals surface area (Å²) in [5.41, 5.74) is 3.34. The van der Waals surface area contributed by atoms with Gasteiger partial charge in [-0.15, -0.1) is 0 Å². The second-order valence-corrected chi connectivity index (χ2v) is 5.46. The van der Waals surface area contributed by atoms with Gasteiger partial charge in [0.25, 0.3) is 0 Å². The topological polar surface area (TPSA) is 72.8 Å². The number of ether oxygens (including phenoxy) is 1. The summed E-state index contributed by atoms with van der Waals surface area (Å²) in [6.45, 7) is 2.18. The molecule has 6 heteroatoms. The highest BCUT2D eigenvalue weighted by Gasteiger charge is 2.33. The third-order valence-electron chi connectivity index (χ3n) is 3.95. The van der Waals surface area contributed by atoms with Crippen LogP contribution in [0.25, 0.3) is 16.6 Å². The molecule has 0 radical (unpaired) electrons. The molecule has 1 saturated carbocycles. The lowest BCUT2D eigenvalue weighted by Gasteiger charge is -2.09. The van der Waals surface area contributed by atoms with E-state index in [-0.39, 0.29) is 5.97 Å². The number of aromatic amines is 1. The zero-order valence-electron chi connectivity index (χ0n) is 12.2. The molecule has 22 heavy (non-hydrogen) atoms. The van der Waals surface area contributed by atoms with Gasteiger partial charge in [-0.2, -0.15) is 10.2 Å². The van der Waals surface area contributed by atoms with Crippen molar-refractivity contribution in [2.75, 3.05) is 6.61 Å². The van der Waals surface area contributed by atoms with Gasteiger partial charge in [0.15, 0.2) is 0 Å². The van der Waals surface area contributed by atoms with E-state index < -0.39 is 0 Å². The van der Waals surface area contributed by atoms with Gasteiger partial charge in [0.1, 0.15) is 5.56 Å². The maximum atomic E-state index is 12.2. The molecule has 2 heterocycles. The lowest BCUT2D eigenvalue weighted by molar-refractivity contribution is 0.0525. The molecule has 1 aliphatic rings. The second kappa shape index (κ2) is 4.98. The number of hydrogen-bond donors (Lipinski definition) is 1. The van der Waals surface area contributed by atoms with Gasteiger partial charge in [0.05, 0.1) is 35.9 Å². The molecule has 112 valence electrons. The highest BCUT2D eigenvalue weighted by molar-refractivity contribution is 5.92. The fourth-order valence-corrected chi connectivity index (χ4v) is 2.80. The average Bonchev–Trinajstić information content (AvgIpc) is 3.09. The maximum absolute atomic E-state index is 12.2. The first-order valence-corrected chi connectivity index (χ1v) is 7.47. The van der Waals surface area contributed by atoms with Crippen molar-refractivity contribution >= 4 is 16.9 Å². The molecule has 1 fully saturated rings. The van der Waals surface area contributed by atoms with Crippen LogP contribution in [-0.2, 0) is 4.74 Å². The van der Waals surface area contributed by atoms with E-state index in [1.807, 2.05) is 29.8 Å². The van der Waals surface area contributed by atoms with Crippen molar-refractivity contribution in [2.24, 2.45) is 0 Å². The minimum Gasteiger partial charge on any atom is -0.462 e. The smallest absolute Gasteiger partial charge is 0.341 e. The van der Waals surface area contributed by atoms with Gasteiger partial charge in [0, 0.05) is 11.3 Å². The second-order valence-electron chi connectivity index (χ2n) is 5.46. The van der Waals surface area contributed by atoms with Crippen LogP contribution < -0.4 is 0 Å². The summed E-state index contributed by atoms with van der Waals surface area (Å²) < 4.78 is 7.01.